The normalized spacial score (nSPS) is 10.3. The number of amides is 2. The van der Waals surface area contributed by atoms with Crippen molar-refractivity contribution in [3.05, 3.63) is 64.5 Å². The van der Waals surface area contributed by atoms with E-state index in [9.17, 15) is 4.79 Å². The molecule has 2 aromatic heterocycles. The second-order valence-corrected chi connectivity index (χ2v) is 5.98. The van der Waals surface area contributed by atoms with Crippen molar-refractivity contribution in [1.82, 2.24) is 15.0 Å². The summed E-state index contributed by atoms with van der Waals surface area (Å²) < 4.78 is 5.61. The van der Waals surface area contributed by atoms with Crippen molar-refractivity contribution in [2.45, 2.75) is 6.92 Å². The molecule has 0 radical (unpaired) electrons. The molecule has 2 heterocycles. The molecule has 1 aromatic carbocycles. The second-order valence-electron chi connectivity index (χ2n) is 5.17. The standard InChI is InChI=1S/C17H13Cl2N5O2/c1-10-7-15(26-12-3-2-6-20-9-12)23-16(21-10)24-17(25)22-11-4-5-13(18)14(19)8-11/h2-9H,1H3,(H2,21,22,23,24,25). The highest BCUT2D eigenvalue weighted by molar-refractivity contribution is 6.42. The number of halogens is 2. The molecule has 0 aliphatic rings. The Hall–Kier alpha value is -2.90. The largest absolute Gasteiger partial charge is 0.437 e. The lowest BCUT2D eigenvalue weighted by Gasteiger charge is -2.10. The lowest BCUT2D eigenvalue weighted by molar-refractivity contribution is 0.262. The Morgan fingerprint density at radius 2 is 1.92 bits per heavy atom. The maximum absolute atomic E-state index is 12.1. The van der Waals surface area contributed by atoms with Crippen LogP contribution in [0.1, 0.15) is 5.69 Å². The molecule has 0 spiro atoms. The number of aryl methyl sites for hydroxylation is 1. The molecule has 9 heteroatoms. The summed E-state index contributed by atoms with van der Waals surface area (Å²) in [6.45, 7) is 1.76. The van der Waals surface area contributed by atoms with Gasteiger partial charge in [-0.2, -0.15) is 4.98 Å². The van der Waals surface area contributed by atoms with Crippen LogP contribution >= 0.6 is 23.2 Å². The van der Waals surface area contributed by atoms with E-state index in [0.717, 1.165) is 0 Å². The van der Waals surface area contributed by atoms with Gasteiger partial charge in [0, 0.05) is 23.6 Å². The number of aromatic nitrogens is 3. The van der Waals surface area contributed by atoms with E-state index in [0.29, 0.717) is 27.2 Å². The molecular weight excluding hydrogens is 377 g/mol. The maximum atomic E-state index is 12.1. The lowest BCUT2D eigenvalue weighted by atomic mass is 10.3. The van der Waals surface area contributed by atoms with Gasteiger partial charge in [-0.15, -0.1) is 0 Å². The summed E-state index contributed by atoms with van der Waals surface area (Å²) in [6, 6.07) is 9.36. The van der Waals surface area contributed by atoms with Crippen molar-refractivity contribution in [1.29, 1.82) is 0 Å². The first kappa shape index (κ1) is 17.9. The van der Waals surface area contributed by atoms with Gasteiger partial charge >= 0.3 is 6.03 Å². The van der Waals surface area contributed by atoms with Crippen LogP contribution < -0.4 is 15.4 Å². The van der Waals surface area contributed by atoms with Crippen LogP contribution in [0.5, 0.6) is 11.6 Å². The first-order valence-corrected chi connectivity index (χ1v) is 8.22. The Kier molecular flexibility index (Phi) is 5.50. The summed E-state index contributed by atoms with van der Waals surface area (Å²) in [5.41, 5.74) is 1.11. The quantitative estimate of drug-likeness (QED) is 0.660. The number of rotatable bonds is 4. The van der Waals surface area contributed by atoms with Gasteiger partial charge in [-0.3, -0.25) is 10.3 Å². The molecule has 3 rings (SSSR count). The predicted molar refractivity (Wildman–Crippen MR) is 100 cm³/mol. The predicted octanol–water partition coefficient (Wildman–Crippen LogP) is 4.92. The smallest absolute Gasteiger partial charge is 0.326 e. The number of hydrogen-bond donors (Lipinski definition) is 2. The molecule has 0 aliphatic heterocycles. The summed E-state index contributed by atoms with van der Waals surface area (Å²) in [6.07, 6.45) is 3.19. The Morgan fingerprint density at radius 1 is 1.08 bits per heavy atom. The molecule has 7 nitrogen and oxygen atoms in total. The van der Waals surface area contributed by atoms with Gasteiger partial charge in [0.15, 0.2) is 0 Å². The molecule has 0 aliphatic carbocycles. The molecule has 0 bridgehead atoms. The third-order valence-corrected chi connectivity index (χ3v) is 3.83. The maximum Gasteiger partial charge on any atom is 0.326 e. The van der Waals surface area contributed by atoms with Crippen molar-refractivity contribution in [2.75, 3.05) is 10.6 Å². The number of hydrogen-bond acceptors (Lipinski definition) is 5. The summed E-state index contributed by atoms with van der Waals surface area (Å²) in [5, 5.41) is 5.91. The molecule has 26 heavy (non-hydrogen) atoms. The Bertz CT molecular complexity index is 938. The van der Waals surface area contributed by atoms with Crippen LogP contribution in [-0.2, 0) is 0 Å². The molecule has 0 saturated carbocycles. The van der Waals surface area contributed by atoms with Gasteiger partial charge in [0.05, 0.1) is 16.2 Å². The third kappa shape index (κ3) is 4.81. The van der Waals surface area contributed by atoms with Gasteiger partial charge in [-0.25, -0.2) is 9.78 Å². The molecule has 0 atom stereocenters. The number of pyridine rings is 1. The Labute approximate surface area is 159 Å². The third-order valence-electron chi connectivity index (χ3n) is 3.09. The number of nitrogens with zero attached hydrogens (tertiary/aromatic N) is 3. The fourth-order valence-corrected chi connectivity index (χ4v) is 2.31. The van der Waals surface area contributed by atoms with E-state index < -0.39 is 6.03 Å². The minimum absolute atomic E-state index is 0.0986. The Morgan fingerprint density at radius 3 is 2.65 bits per heavy atom. The number of carbonyl (C=O) groups excluding carboxylic acids is 1. The first-order chi connectivity index (χ1) is 12.5. The molecule has 0 fully saturated rings. The van der Waals surface area contributed by atoms with Crippen molar-refractivity contribution < 1.29 is 9.53 Å². The van der Waals surface area contributed by atoms with Crippen LogP contribution in [0.2, 0.25) is 10.0 Å². The average Bonchev–Trinajstić information content (AvgIpc) is 2.58. The summed E-state index contributed by atoms with van der Waals surface area (Å²) >= 11 is 11.8. The molecule has 0 saturated heterocycles. The van der Waals surface area contributed by atoms with E-state index in [1.165, 1.54) is 6.07 Å². The summed E-state index contributed by atoms with van der Waals surface area (Å²) in [5.74, 6) is 0.911. The van der Waals surface area contributed by atoms with Gasteiger partial charge in [0.1, 0.15) is 5.75 Å². The minimum atomic E-state index is -0.527. The number of nitrogens with one attached hydrogen (secondary N) is 2. The first-order valence-electron chi connectivity index (χ1n) is 7.46. The van der Waals surface area contributed by atoms with E-state index in [2.05, 4.69) is 25.6 Å². The zero-order valence-corrected chi connectivity index (χ0v) is 15.0. The fraction of sp³-hybridized carbons (Fsp3) is 0.0588. The van der Waals surface area contributed by atoms with Gasteiger partial charge in [0.25, 0.3) is 0 Å². The summed E-state index contributed by atoms with van der Waals surface area (Å²) in [4.78, 5) is 24.4. The molecule has 2 N–H and O–H groups in total. The number of ether oxygens (including phenoxy) is 1. The lowest BCUT2D eigenvalue weighted by Crippen LogP contribution is -2.21. The molecule has 0 unspecified atom stereocenters. The van der Waals surface area contributed by atoms with E-state index in [1.807, 2.05) is 0 Å². The van der Waals surface area contributed by atoms with Crippen LogP contribution in [0.4, 0.5) is 16.4 Å². The molecular formula is C17H13Cl2N5O2. The summed E-state index contributed by atoms with van der Waals surface area (Å²) in [7, 11) is 0. The highest BCUT2D eigenvalue weighted by Gasteiger charge is 2.09. The van der Waals surface area contributed by atoms with Crippen LogP contribution in [-0.4, -0.2) is 21.0 Å². The molecule has 132 valence electrons. The van der Waals surface area contributed by atoms with Crippen molar-refractivity contribution in [3.63, 3.8) is 0 Å². The van der Waals surface area contributed by atoms with Crippen molar-refractivity contribution >= 4 is 40.9 Å². The highest BCUT2D eigenvalue weighted by Crippen LogP contribution is 2.25. The molecule has 3 aromatic rings. The van der Waals surface area contributed by atoms with Crippen molar-refractivity contribution in [3.8, 4) is 11.6 Å². The minimum Gasteiger partial charge on any atom is -0.437 e. The Balaban J connectivity index is 1.70. The van der Waals surface area contributed by atoms with Crippen LogP contribution in [0.15, 0.2) is 48.8 Å². The highest BCUT2D eigenvalue weighted by atomic mass is 35.5. The van der Waals surface area contributed by atoms with E-state index in [-0.39, 0.29) is 11.8 Å². The monoisotopic (exact) mass is 389 g/mol. The number of benzene rings is 1. The van der Waals surface area contributed by atoms with E-state index >= 15 is 0 Å². The average molecular weight is 390 g/mol. The van der Waals surface area contributed by atoms with Gasteiger partial charge in [0.2, 0.25) is 11.8 Å². The fourth-order valence-electron chi connectivity index (χ4n) is 2.01. The van der Waals surface area contributed by atoms with Crippen molar-refractivity contribution in [2.24, 2.45) is 0 Å². The number of anilines is 2. The van der Waals surface area contributed by atoms with Crippen LogP contribution in [0.25, 0.3) is 0 Å². The molecule has 2 amide bonds. The van der Waals surface area contributed by atoms with Gasteiger partial charge < -0.3 is 10.1 Å². The zero-order chi connectivity index (χ0) is 18.5. The SMILES string of the molecule is Cc1cc(Oc2cccnc2)nc(NC(=O)Nc2ccc(Cl)c(Cl)c2)n1. The van der Waals surface area contributed by atoms with E-state index in [1.54, 1.807) is 49.6 Å². The number of carbonyl (C=O) groups is 1. The number of urea groups is 1. The second kappa shape index (κ2) is 7.99. The van der Waals surface area contributed by atoms with Gasteiger partial charge in [-0.05, 0) is 37.3 Å². The van der Waals surface area contributed by atoms with E-state index in [4.69, 9.17) is 27.9 Å². The zero-order valence-electron chi connectivity index (χ0n) is 13.5. The van der Waals surface area contributed by atoms with Crippen LogP contribution in [0.3, 0.4) is 0 Å². The topological polar surface area (TPSA) is 89.0 Å². The van der Waals surface area contributed by atoms with Gasteiger partial charge in [-0.1, -0.05) is 23.2 Å². The van der Waals surface area contributed by atoms with Crippen LogP contribution in [0, 0.1) is 6.92 Å².